The minimum Gasteiger partial charge on any atom is -0.490 e. The Morgan fingerprint density at radius 2 is 1.73 bits per heavy atom. The number of hydrogen-bond acceptors (Lipinski definition) is 3. The largest absolute Gasteiger partial charge is 0.490 e. The minimum atomic E-state index is 0.305. The quantitative estimate of drug-likeness (QED) is 0.905. The van der Waals surface area contributed by atoms with Crippen molar-refractivity contribution in [2.45, 2.75) is 64.1 Å². The topological polar surface area (TPSA) is 30.5 Å². The van der Waals surface area contributed by atoms with Crippen LogP contribution in [0.5, 0.6) is 11.5 Å². The molecule has 0 bridgehead atoms. The van der Waals surface area contributed by atoms with Gasteiger partial charge in [0.1, 0.15) is 17.6 Å². The Morgan fingerprint density at radius 1 is 0.955 bits per heavy atom. The molecule has 2 atom stereocenters. The molecule has 2 unspecified atom stereocenters. The average Bonchev–Trinajstić information content (AvgIpc) is 2.74. The maximum Gasteiger partial charge on any atom is 0.123 e. The Labute approximate surface area is 134 Å². The van der Waals surface area contributed by atoms with Gasteiger partial charge < -0.3 is 14.8 Å². The van der Waals surface area contributed by atoms with Crippen LogP contribution < -0.4 is 14.8 Å². The van der Waals surface area contributed by atoms with E-state index in [4.69, 9.17) is 9.47 Å². The molecule has 0 amide bonds. The van der Waals surface area contributed by atoms with E-state index >= 15 is 0 Å². The summed E-state index contributed by atoms with van der Waals surface area (Å²) in [6.07, 6.45) is 9.35. The highest BCUT2D eigenvalue weighted by atomic mass is 16.5. The smallest absolute Gasteiger partial charge is 0.123 e. The zero-order valence-corrected chi connectivity index (χ0v) is 13.7. The van der Waals surface area contributed by atoms with Gasteiger partial charge in [-0.25, -0.2) is 0 Å². The van der Waals surface area contributed by atoms with Crippen molar-refractivity contribution in [2.75, 3.05) is 13.1 Å². The highest BCUT2D eigenvalue weighted by molar-refractivity contribution is 5.33. The normalized spacial score (nSPS) is 27.1. The van der Waals surface area contributed by atoms with E-state index in [9.17, 15) is 0 Å². The highest BCUT2D eigenvalue weighted by Crippen LogP contribution is 2.27. The first-order valence-corrected chi connectivity index (χ1v) is 8.95. The molecule has 22 heavy (non-hydrogen) atoms. The first kappa shape index (κ1) is 15.7. The van der Waals surface area contributed by atoms with Crippen molar-refractivity contribution >= 4 is 0 Å². The van der Waals surface area contributed by atoms with Crippen LogP contribution >= 0.6 is 0 Å². The van der Waals surface area contributed by atoms with Gasteiger partial charge in [-0.05, 0) is 57.2 Å². The van der Waals surface area contributed by atoms with E-state index in [2.05, 4.69) is 30.4 Å². The summed E-state index contributed by atoms with van der Waals surface area (Å²) < 4.78 is 12.4. The summed E-state index contributed by atoms with van der Waals surface area (Å²) >= 11 is 0. The molecule has 3 heteroatoms. The van der Waals surface area contributed by atoms with Gasteiger partial charge in [-0.2, -0.15) is 0 Å². The molecule has 1 aliphatic heterocycles. The van der Waals surface area contributed by atoms with Crippen LogP contribution in [-0.4, -0.2) is 25.3 Å². The van der Waals surface area contributed by atoms with E-state index in [-0.39, 0.29) is 0 Å². The first-order valence-electron chi connectivity index (χ1n) is 8.95. The van der Waals surface area contributed by atoms with Crippen LogP contribution in [0.15, 0.2) is 24.3 Å². The van der Waals surface area contributed by atoms with Gasteiger partial charge >= 0.3 is 0 Å². The van der Waals surface area contributed by atoms with Gasteiger partial charge in [0, 0.05) is 18.5 Å². The van der Waals surface area contributed by atoms with Crippen LogP contribution in [0, 0.1) is 5.92 Å². The van der Waals surface area contributed by atoms with Gasteiger partial charge in [-0.15, -0.1) is 0 Å². The summed E-state index contributed by atoms with van der Waals surface area (Å²) in [6, 6.07) is 8.23. The SMILES string of the molecule is CC1CNCCCC1Oc1cccc(OC2CCCCC2)c1. The predicted molar refractivity (Wildman–Crippen MR) is 89.6 cm³/mol. The molecule has 0 spiro atoms. The maximum atomic E-state index is 6.26. The van der Waals surface area contributed by atoms with Crippen LogP contribution in [-0.2, 0) is 0 Å². The molecule has 1 aromatic carbocycles. The molecule has 0 radical (unpaired) electrons. The van der Waals surface area contributed by atoms with Crippen molar-refractivity contribution in [2.24, 2.45) is 5.92 Å². The van der Waals surface area contributed by atoms with Crippen LogP contribution in [0.3, 0.4) is 0 Å². The Hall–Kier alpha value is -1.22. The Kier molecular flexibility index (Phi) is 5.60. The molecule has 3 nitrogen and oxygen atoms in total. The summed E-state index contributed by atoms with van der Waals surface area (Å²) in [4.78, 5) is 0. The van der Waals surface area contributed by atoms with E-state index in [1.165, 1.54) is 38.5 Å². The van der Waals surface area contributed by atoms with Crippen LogP contribution in [0.25, 0.3) is 0 Å². The molecule has 1 heterocycles. The highest BCUT2D eigenvalue weighted by Gasteiger charge is 2.21. The second-order valence-corrected chi connectivity index (χ2v) is 6.83. The summed E-state index contributed by atoms with van der Waals surface area (Å²) in [5.41, 5.74) is 0. The van der Waals surface area contributed by atoms with E-state index < -0.39 is 0 Å². The molecule has 1 saturated carbocycles. The Bertz CT molecular complexity index is 457. The molecular formula is C19H29NO2. The van der Waals surface area contributed by atoms with Gasteiger partial charge in [-0.3, -0.25) is 0 Å². The van der Waals surface area contributed by atoms with Gasteiger partial charge in [0.05, 0.1) is 6.10 Å². The standard InChI is InChI=1S/C19H29NO2/c1-15-14-20-12-6-11-19(15)22-18-10-5-9-17(13-18)21-16-7-3-2-4-8-16/h5,9-10,13,15-16,19-20H,2-4,6-8,11-12,14H2,1H3. The third-order valence-electron chi connectivity index (χ3n) is 4.89. The van der Waals surface area contributed by atoms with Crippen molar-refractivity contribution in [3.8, 4) is 11.5 Å². The summed E-state index contributed by atoms with van der Waals surface area (Å²) in [5.74, 6) is 2.46. The lowest BCUT2D eigenvalue weighted by atomic mass is 9.98. The number of ether oxygens (including phenoxy) is 2. The number of rotatable bonds is 4. The van der Waals surface area contributed by atoms with Gasteiger partial charge in [0.2, 0.25) is 0 Å². The first-order chi connectivity index (χ1) is 10.8. The maximum absolute atomic E-state index is 6.26. The molecule has 3 rings (SSSR count). The molecule has 122 valence electrons. The molecular weight excluding hydrogens is 274 g/mol. The third kappa shape index (κ3) is 4.39. The number of hydrogen-bond donors (Lipinski definition) is 1. The fraction of sp³-hybridized carbons (Fsp3) is 0.684. The monoisotopic (exact) mass is 303 g/mol. The van der Waals surface area contributed by atoms with Crippen LogP contribution in [0.2, 0.25) is 0 Å². The fourth-order valence-electron chi connectivity index (χ4n) is 3.52. The van der Waals surface area contributed by atoms with E-state index in [0.29, 0.717) is 18.1 Å². The molecule has 2 fully saturated rings. The Balaban J connectivity index is 1.60. The summed E-state index contributed by atoms with van der Waals surface area (Å²) in [5, 5.41) is 3.47. The summed E-state index contributed by atoms with van der Waals surface area (Å²) in [6.45, 7) is 4.42. The minimum absolute atomic E-state index is 0.305. The van der Waals surface area contributed by atoms with Crippen molar-refractivity contribution in [3.05, 3.63) is 24.3 Å². The zero-order chi connectivity index (χ0) is 15.2. The van der Waals surface area contributed by atoms with Crippen molar-refractivity contribution in [3.63, 3.8) is 0 Å². The van der Waals surface area contributed by atoms with E-state index in [1.54, 1.807) is 0 Å². The Morgan fingerprint density at radius 3 is 2.55 bits per heavy atom. The lowest BCUT2D eigenvalue weighted by molar-refractivity contribution is 0.136. The van der Waals surface area contributed by atoms with E-state index in [1.807, 2.05) is 6.07 Å². The number of nitrogens with one attached hydrogen (secondary N) is 1. The third-order valence-corrected chi connectivity index (χ3v) is 4.89. The van der Waals surface area contributed by atoms with Crippen LogP contribution in [0.1, 0.15) is 51.9 Å². The second-order valence-electron chi connectivity index (χ2n) is 6.83. The molecule has 0 aromatic heterocycles. The molecule has 1 N–H and O–H groups in total. The lowest BCUT2D eigenvalue weighted by Gasteiger charge is -2.25. The van der Waals surface area contributed by atoms with Gasteiger partial charge in [-0.1, -0.05) is 19.4 Å². The van der Waals surface area contributed by atoms with Crippen molar-refractivity contribution in [1.82, 2.24) is 5.32 Å². The van der Waals surface area contributed by atoms with Gasteiger partial charge in [0.15, 0.2) is 0 Å². The molecule has 1 aromatic rings. The molecule has 1 saturated heterocycles. The number of benzene rings is 1. The zero-order valence-electron chi connectivity index (χ0n) is 13.7. The molecule has 2 aliphatic rings. The molecule has 1 aliphatic carbocycles. The van der Waals surface area contributed by atoms with Crippen molar-refractivity contribution in [1.29, 1.82) is 0 Å². The fourth-order valence-corrected chi connectivity index (χ4v) is 3.52. The van der Waals surface area contributed by atoms with E-state index in [0.717, 1.165) is 31.0 Å². The summed E-state index contributed by atoms with van der Waals surface area (Å²) in [7, 11) is 0. The van der Waals surface area contributed by atoms with Crippen LogP contribution in [0.4, 0.5) is 0 Å². The van der Waals surface area contributed by atoms with Gasteiger partial charge in [0.25, 0.3) is 0 Å². The second kappa shape index (κ2) is 7.87. The average molecular weight is 303 g/mol. The van der Waals surface area contributed by atoms with Crippen molar-refractivity contribution < 1.29 is 9.47 Å². The predicted octanol–water partition coefficient (Wildman–Crippen LogP) is 4.17. The lowest BCUT2D eigenvalue weighted by Crippen LogP contribution is -2.29.